The van der Waals surface area contributed by atoms with Gasteiger partial charge in [0.05, 0.1) is 24.1 Å². The predicted molar refractivity (Wildman–Crippen MR) is 105 cm³/mol. The van der Waals surface area contributed by atoms with Gasteiger partial charge >= 0.3 is 0 Å². The third-order valence-corrected chi connectivity index (χ3v) is 6.22. The highest BCUT2D eigenvalue weighted by atomic mass is 16.5. The monoisotopic (exact) mass is 378 g/mol. The van der Waals surface area contributed by atoms with Crippen molar-refractivity contribution in [1.29, 1.82) is 0 Å². The van der Waals surface area contributed by atoms with Crippen LogP contribution in [0.4, 0.5) is 0 Å². The number of likely N-dealkylation sites (tertiary alicyclic amines) is 1. The van der Waals surface area contributed by atoms with Gasteiger partial charge in [-0.1, -0.05) is 12.1 Å². The summed E-state index contributed by atoms with van der Waals surface area (Å²) in [5.41, 5.74) is 4.36. The lowest BCUT2D eigenvalue weighted by Gasteiger charge is -2.19. The van der Waals surface area contributed by atoms with E-state index in [-0.39, 0.29) is 17.9 Å². The Morgan fingerprint density at radius 1 is 1.25 bits per heavy atom. The summed E-state index contributed by atoms with van der Waals surface area (Å²) in [5, 5.41) is 3.03. The first kappa shape index (κ1) is 17.6. The number of nitrogens with one attached hydrogen (secondary N) is 1. The average Bonchev–Trinajstić information content (AvgIpc) is 2.98. The Balaban J connectivity index is 1.11. The zero-order chi connectivity index (χ0) is 19.3. The van der Waals surface area contributed by atoms with E-state index in [4.69, 9.17) is 4.74 Å². The van der Waals surface area contributed by atoms with Crippen LogP contribution in [0.5, 0.6) is 5.75 Å². The molecule has 1 aliphatic carbocycles. The zero-order valence-corrected chi connectivity index (χ0v) is 16.4. The Morgan fingerprint density at radius 3 is 2.82 bits per heavy atom. The minimum Gasteiger partial charge on any atom is -0.490 e. The van der Waals surface area contributed by atoms with Crippen LogP contribution in [0.25, 0.3) is 0 Å². The van der Waals surface area contributed by atoms with Crippen LogP contribution in [0.1, 0.15) is 29.4 Å². The molecule has 0 bridgehead atoms. The van der Waals surface area contributed by atoms with E-state index in [0.717, 1.165) is 43.2 Å². The van der Waals surface area contributed by atoms with E-state index < -0.39 is 0 Å². The summed E-state index contributed by atoms with van der Waals surface area (Å²) in [6.07, 6.45) is 4.75. The molecule has 28 heavy (non-hydrogen) atoms. The SMILES string of the molecule is Cc1cnc(CNC(=O)C2C3CN(Cc4ccc5c(c4)CC(C)O5)CC32)cn1. The van der Waals surface area contributed by atoms with Crippen molar-refractivity contribution in [2.24, 2.45) is 17.8 Å². The lowest BCUT2D eigenvalue weighted by molar-refractivity contribution is -0.123. The maximum Gasteiger partial charge on any atom is 0.224 e. The van der Waals surface area contributed by atoms with Crippen molar-refractivity contribution in [3.8, 4) is 5.75 Å². The minimum absolute atomic E-state index is 0.167. The summed E-state index contributed by atoms with van der Waals surface area (Å²) in [4.78, 5) is 23.5. The Hall–Kier alpha value is -2.47. The molecule has 1 aromatic carbocycles. The van der Waals surface area contributed by atoms with E-state index in [2.05, 4.69) is 45.3 Å². The molecule has 0 radical (unpaired) electrons. The normalized spacial score (nSPS) is 27.8. The van der Waals surface area contributed by atoms with Crippen molar-refractivity contribution < 1.29 is 9.53 Å². The fourth-order valence-electron chi connectivity index (χ4n) is 4.77. The van der Waals surface area contributed by atoms with Gasteiger partial charge in [0.15, 0.2) is 0 Å². The van der Waals surface area contributed by atoms with Crippen LogP contribution in [0.2, 0.25) is 0 Å². The molecular weight excluding hydrogens is 352 g/mol. The number of aryl methyl sites for hydroxylation is 1. The smallest absolute Gasteiger partial charge is 0.224 e. The molecular formula is C22H26N4O2. The fourth-order valence-corrected chi connectivity index (χ4v) is 4.77. The molecule has 1 saturated heterocycles. The van der Waals surface area contributed by atoms with E-state index >= 15 is 0 Å². The summed E-state index contributed by atoms with van der Waals surface area (Å²) in [7, 11) is 0. The molecule has 2 aromatic rings. The molecule has 1 aromatic heterocycles. The number of nitrogens with zero attached hydrogens (tertiary/aromatic N) is 3. The van der Waals surface area contributed by atoms with Gasteiger partial charge < -0.3 is 10.1 Å². The second-order valence-electron chi connectivity index (χ2n) is 8.49. The molecule has 6 nitrogen and oxygen atoms in total. The van der Waals surface area contributed by atoms with Gasteiger partial charge in [0.2, 0.25) is 5.91 Å². The molecule has 0 spiro atoms. The van der Waals surface area contributed by atoms with Crippen molar-refractivity contribution in [3.05, 3.63) is 53.1 Å². The second kappa shape index (κ2) is 6.85. The summed E-state index contributed by atoms with van der Waals surface area (Å²) >= 11 is 0. The van der Waals surface area contributed by atoms with Gasteiger partial charge in [-0.25, -0.2) is 0 Å². The molecule has 2 aliphatic heterocycles. The zero-order valence-electron chi connectivity index (χ0n) is 16.4. The molecule has 1 amide bonds. The highest BCUT2D eigenvalue weighted by Gasteiger charge is 2.59. The molecule has 3 aliphatic rings. The number of amides is 1. The van der Waals surface area contributed by atoms with Gasteiger partial charge in [0, 0.05) is 38.2 Å². The molecule has 1 saturated carbocycles. The largest absolute Gasteiger partial charge is 0.490 e. The highest BCUT2D eigenvalue weighted by Crippen LogP contribution is 2.52. The first-order valence-corrected chi connectivity index (χ1v) is 10.1. The van der Waals surface area contributed by atoms with Crippen molar-refractivity contribution in [2.45, 2.75) is 39.5 Å². The summed E-state index contributed by atoms with van der Waals surface area (Å²) in [6, 6.07) is 6.57. The van der Waals surface area contributed by atoms with E-state index in [1.165, 1.54) is 11.1 Å². The molecule has 2 fully saturated rings. The number of benzene rings is 1. The van der Waals surface area contributed by atoms with Gasteiger partial charge in [-0.2, -0.15) is 0 Å². The van der Waals surface area contributed by atoms with Crippen molar-refractivity contribution in [3.63, 3.8) is 0 Å². The Kier molecular flexibility index (Phi) is 4.31. The number of piperidine rings is 1. The fraction of sp³-hybridized carbons (Fsp3) is 0.500. The van der Waals surface area contributed by atoms with E-state index in [1.54, 1.807) is 12.4 Å². The Morgan fingerprint density at radius 2 is 2.07 bits per heavy atom. The number of ether oxygens (including phenoxy) is 1. The van der Waals surface area contributed by atoms with Gasteiger partial charge in [0.25, 0.3) is 0 Å². The van der Waals surface area contributed by atoms with Crippen LogP contribution in [-0.4, -0.2) is 40.0 Å². The van der Waals surface area contributed by atoms with Gasteiger partial charge in [-0.3, -0.25) is 19.7 Å². The van der Waals surface area contributed by atoms with Gasteiger partial charge in [0.1, 0.15) is 11.9 Å². The molecule has 146 valence electrons. The minimum atomic E-state index is 0.167. The first-order chi connectivity index (χ1) is 13.6. The van der Waals surface area contributed by atoms with Crippen molar-refractivity contribution in [2.75, 3.05) is 13.1 Å². The molecule has 3 heterocycles. The van der Waals surface area contributed by atoms with Crippen LogP contribution < -0.4 is 10.1 Å². The Labute approximate surface area is 165 Å². The van der Waals surface area contributed by atoms with Gasteiger partial charge in [-0.05, 0) is 42.9 Å². The standard InChI is InChI=1S/C22H26N4O2/c1-13-7-24-17(8-23-13)9-25-22(27)21-18-11-26(12-19(18)21)10-15-3-4-20-16(6-15)5-14(2)28-20/h3-4,6-8,14,18-19,21H,5,9-12H2,1-2H3,(H,25,27). The molecule has 3 atom stereocenters. The summed E-state index contributed by atoms with van der Waals surface area (Å²) < 4.78 is 5.79. The topological polar surface area (TPSA) is 67.4 Å². The van der Waals surface area contributed by atoms with Crippen LogP contribution >= 0.6 is 0 Å². The predicted octanol–water partition coefficient (Wildman–Crippen LogP) is 2.10. The second-order valence-corrected chi connectivity index (χ2v) is 8.49. The number of aromatic nitrogens is 2. The maximum atomic E-state index is 12.5. The quantitative estimate of drug-likeness (QED) is 0.863. The summed E-state index contributed by atoms with van der Waals surface area (Å²) in [5.74, 6) is 2.38. The van der Waals surface area contributed by atoms with Crippen molar-refractivity contribution in [1.82, 2.24) is 20.2 Å². The Bertz CT molecular complexity index is 886. The van der Waals surface area contributed by atoms with Crippen LogP contribution in [0.15, 0.2) is 30.6 Å². The lowest BCUT2D eigenvalue weighted by Crippen LogP contribution is -2.31. The lowest BCUT2D eigenvalue weighted by atomic mass is 10.1. The third kappa shape index (κ3) is 3.37. The van der Waals surface area contributed by atoms with Crippen LogP contribution in [-0.2, 0) is 24.3 Å². The first-order valence-electron chi connectivity index (χ1n) is 10.1. The number of hydrogen-bond donors (Lipinski definition) is 1. The number of hydrogen-bond acceptors (Lipinski definition) is 5. The molecule has 1 N–H and O–H groups in total. The van der Waals surface area contributed by atoms with Crippen molar-refractivity contribution >= 4 is 5.91 Å². The van der Waals surface area contributed by atoms with E-state index in [1.807, 2.05) is 6.92 Å². The van der Waals surface area contributed by atoms with Crippen LogP contribution in [0, 0.1) is 24.7 Å². The molecule has 6 heteroatoms. The summed E-state index contributed by atoms with van der Waals surface area (Å²) in [6.45, 7) is 7.46. The molecule has 3 unspecified atom stereocenters. The van der Waals surface area contributed by atoms with E-state index in [0.29, 0.717) is 18.4 Å². The number of fused-ring (bicyclic) bond motifs is 2. The van der Waals surface area contributed by atoms with Crippen LogP contribution in [0.3, 0.4) is 0 Å². The number of rotatable bonds is 5. The van der Waals surface area contributed by atoms with Gasteiger partial charge in [-0.15, -0.1) is 0 Å². The third-order valence-electron chi connectivity index (χ3n) is 6.22. The highest BCUT2D eigenvalue weighted by molar-refractivity contribution is 5.82. The van der Waals surface area contributed by atoms with E-state index in [9.17, 15) is 4.79 Å². The number of carbonyl (C=O) groups excluding carboxylic acids is 1. The average molecular weight is 378 g/mol. The maximum absolute atomic E-state index is 12.5. The number of carbonyl (C=O) groups is 1. The molecule has 5 rings (SSSR count).